The number of nitrogens with one attached hydrogen (secondary N) is 1. The number of anilines is 2. The maximum atomic E-state index is 11.0. The van der Waals surface area contributed by atoms with E-state index >= 15 is 0 Å². The third-order valence-electron chi connectivity index (χ3n) is 2.41. The average molecular weight is 268 g/mol. The number of aliphatic carboxylic acids is 1. The van der Waals surface area contributed by atoms with Gasteiger partial charge in [-0.05, 0) is 30.7 Å². The van der Waals surface area contributed by atoms with Crippen LogP contribution in [0.15, 0.2) is 24.3 Å². The fourth-order valence-corrected chi connectivity index (χ4v) is 1.43. The maximum Gasteiger partial charge on any atom is 0.326 e. The van der Waals surface area contributed by atoms with Gasteiger partial charge in [-0.15, -0.1) is 0 Å². The quantitative estimate of drug-likeness (QED) is 0.528. The molecule has 1 unspecified atom stereocenters. The molecule has 0 bridgehead atoms. The van der Waals surface area contributed by atoms with Crippen molar-refractivity contribution < 1.29 is 19.9 Å². The first-order valence-corrected chi connectivity index (χ1v) is 5.44. The van der Waals surface area contributed by atoms with Crippen LogP contribution in [0.4, 0.5) is 11.4 Å². The van der Waals surface area contributed by atoms with E-state index in [4.69, 9.17) is 16.0 Å². The van der Waals surface area contributed by atoms with Gasteiger partial charge in [0.25, 0.3) is 0 Å². The van der Waals surface area contributed by atoms with Crippen LogP contribution in [0.2, 0.25) is 0 Å². The van der Waals surface area contributed by atoms with Crippen LogP contribution in [0.3, 0.4) is 0 Å². The van der Waals surface area contributed by atoms with Crippen molar-refractivity contribution in [3.8, 4) is 0 Å². The molecule has 0 saturated heterocycles. The van der Waals surface area contributed by atoms with E-state index in [9.17, 15) is 14.8 Å². The van der Waals surface area contributed by atoms with Crippen molar-refractivity contribution >= 4 is 23.3 Å². The Kier molecular flexibility index (Phi) is 5.10. The van der Waals surface area contributed by atoms with Gasteiger partial charge in [-0.1, -0.05) is 0 Å². The molecular weight excluding hydrogens is 254 g/mol. The SMILES string of the molecule is NC(=O)CCC(Nc1ccc(N([O-])O)cc1)C(=O)O. The lowest BCUT2D eigenvalue weighted by Crippen LogP contribution is -2.30. The minimum Gasteiger partial charge on any atom is -0.733 e. The largest absolute Gasteiger partial charge is 0.733 e. The van der Waals surface area contributed by atoms with E-state index in [0.29, 0.717) is 5.69 Å². The number of hydrogen-bond donors (Lipinski definition) is 4. The van der Waals surface area contributed by atoms with Gasteiger partial charge in [0.15, 0.2) is 0 Å². The van der Waals surface area contributed by atoms with Crippen LogP contribution >= 0.6 is 0 Å². The zero-order chi connectivity index (χ0) is 14.4. The van der Waals surface area contributed by atoms with E-state index < -0.39 is 17.9 Å². The van der Waals surface area contributed by atoms with Crippen molar-refractivity contribution in [2.24, 2.45) is 5.73 Å². The second kappa shape index (κ2) is 6.57. The molecule has 19 heavy (non-hydrogen) atoms. The van der Waals surface area contributed by atoms with Gasteiger partial charge in [-0.3, -0.25) is 10.0 Å². The molecule has 104 valence electrons. The zero-order valence-electron chi connectivity index (χ0n) is 9.94. The summed E-state index contributed by atoms with van der Waals surface area (Å²) in [4.78, 5) is 21.6. The number of hydrogen-bond acceptors (Lipinski definition) is 6. The summed E-state index contributed by atoms with van der Waals surface area (Å²) in [6.45, 7) is 0. The molecule has 0 aromatic heterocycles. The lowest BCUT2D eigenvalue weighted by atomic mass is 10.1. The Balaban J connectivity index is 2.68. The van der Waals surface area contributed by atoms with Gasteiger partial charge < -0.3 is 26.6 Å². The second-order valence-corrected chi connectivity index (χ2v) is 3.86. The Labute approximate surface area is 109 Å². The molecule has 1 rings (SSSR count). The summed E-state index contributed by atoms with van der Waals surface area (Å²) in [6, 6.07) is 4.56. The molecule has 1 amide bonds. The monoisotopic (exact) mass is 268 g/mol. The van der Waals surface area contributed by atoms with Crippen LogP contribution in [-0.4, -0.2) is 28.2 Å². The average Bonchev–Trinajstić information content (AvgIpc) is 2.34. The van der Waals surface area contributed by atoms with Crippen molar-refractivity contribution in [3.63, 3.8) is 0 Å². The van der Waals surface area contributed by atoms with Crippen molar-refractivity contribution in [1.29, 1.82) is 0 Å². The van der Waals surface area contributed by atoms with Crippen LogP contribution in [0.1, 0.15) is 12.8 Å². The number of rotatable bonds is 7. The molecule has 0 spiro atoms. The highest BCUT2D eigenvalue weighted by atomic mass is 16.8. The highest BCUT2D eigenvalue weighted by Gasteiger charge is 2.17. The summed E-state index contributed by atoms with van der Waals surface area (Å²) in [6.07, 6.45) is 0.00707. The van der Waals surface area contributed by atoms with Crippen molar-refractivity contribution in [2.75, 3.05) is 10.5 Å². The fraction of sp³-hybridized carbons (Fsp3) is 0.273. The molecule has 0 aliphatic rings. The Hall–Kier alpha value is -2.32. The van der Waals surface area contributed by atoms with E-state index in [1.807, 2.05) is 0 Å². The number of carbonyl (C=O) groups is 2. The lowest BCUT2D eigenvalue weighted by molar-refractivity contribution is -0.138. The van der Waals surface area contributed by atoms with Gasteiger partial charge in [0, 0.05) is 12.1 Å². The van der Waals surface area contributed by atoms with Crippen LogP contribution in [0.5, 0.6) is 0 Å². The molecule has 0 radical (unpaired) electrons. The van der Waals surface area contributed by atoms with Crippen LogP contribution in [-0.2, 0) is 9.59 Å². The number of nitrogens with two attached hydrogens (primary N) is 1. The third kappa shape index (κ3) is 4.82. The lowest BCUT2D eigenvalue weighted by Gasteiger charge is -2.22. The summed E-state index contributed by atoms with van der Waals surface area (Å²) in [7, 11) is 0. The fourth-order valence-electron chi connectivity index (χ4n) is 1.43. The highest BCUT2D eigenvalue weighted by Crippen LogP contribution is 2.17. The second-order valence-electron chi connectivity index (χ2n) is 3.86. The summed E-state index contributed by atoms with van der Waals surface area (Å²) in [5, 5.41) is 30.6. The smallest absolute Gasteiger partial charge is 0.326 e. The van der Waals surface area contributed by atoms with Gasteiger partial charge in [-0.2, -0.15) is 0 Å². The Morgan fingerprint density at radius 3 is 2.37 bits per heavy atom. The predicted octanol–water partition coefficient (Wildman–Crippen LogP) is 0.511. The van der Waals surface area contributed by atoms with Crippen LogP contribution in [0, 0.1) is 5.21 Å². The van der Waals surface area contributed by atoms with E-state index in [1.165, 1.54) is 24.3 Å². The molecule has 0 fully saturated rings. The minimum atomic E-state index is -1.11. The van der Waals surface area contributed by atoms with Gasteiger partial charge in [0.05, 0.1) is 5.69 Å². The minimum absolute atomic E-state index is 0.0227. The van der Waals surface area contributed by atoms with E-state index in [-0.39, 0.29) is 23.8 Å². The molecule has 1 aromatic carbocycles. The molecule has 0 heterocycles. The molecule has 0 saturated carbocycles. The summed E-state index contributed by atoms with van der Waals surface area (Å²) in [5.74, 6) is -1.69. The molecule has 0 aliphatic carbocycles. The number of amides is 1. The van der Waals surface area contributed by atoms with E-state index in [2.05, 4.69) is 5.32 Å². The number of nitrogens with zero attached hydrogens (tertiary/aromatic N) is 1. The molecule has 5 N–H and O–H groups in total. The van der Waals surface area contributed by atoms with E-state index in [1.54, 1.807) is 0 Å². The standard InChI is InChI=1S/C11H14N3O5/c12-10(15)6-5-9(11(16)17)13-7-1-3-8(4-2-7)14(18)19/h1-4,9,13,18H,5-6H2,(H2,12,15)(H,16,17)/q-1. The Morgan fingerprint density at radius 1 is 1.37 bits per heavy atom. The normalized spacial score (nSPS) is 11.7. The number of carbonyl (C=O) groups excluding carboxylic acids is 1. The molecule has 1 aromatic rings. The first kappa shape index (κ1) is 14.7. The first-order chi connectivity index (χ1) is 8.90. The van der Waals surface area contributed by atoms with Crippen molar-refractivity contribution in [1.82, 2.24) is 0 Å². The highest BCUT2D eigenvalue weighted by molar-refractivity contribution is 5.79. The summed E-state index contributed by atoms with van der Waals surface area (Å²) in [5.41, 5.74) is 5.43. The van der Waals surface area contributed by atoms with Crippen molar-refractivity contribution in [2.45, 2.75) is 18.9 Å². The Bertz CT molecular complexity index is 446. The van der Waals surface area contributed by atoms with E-state index in [0.717, 1.165) is 0 Å². The van der Waals surface area contributed by atoms with Crippen LogP contribution < -0.4 is 16.3 Å². The molecule has 0 aliphatic heterocycles. The summed E-state index contributed by atoms with van der Waals surface area (Å²) >= 11 is 0. The van der Waals surface area contributed by atoms with Crippen LogP contribution in [0.25, 0.3) is 0 Å². The molecule has 8 nitrogen and oxygen atoms in total. The third-order valence-corrected chi connectivity index (χ3v) is 2.41. The molecular formula is C11H14N3O5-. The number of benzene rings is 1. The number of carboxylic acids is 1. The van der Waals surface area contributed by atoms with Gasteiger partial charge in [0.1, 0.15) is 6.04 Å². The van der Waals surface area contributed by atoms with Gasteiger partial charge >= 0.3 is 5.97 Å². The number of carboxylic acid groups (broad SMARTS) is 1. The summed E-state index contributed by atoms with van der Waals surface area (Å²) < 4.78 is 0. The molecule has 1 atom stereocenters. The van der Waals surface area contributed by atoms with Crippen molar-refractivity contribution in [3.05, 3.63) is 29.5 Å². The first-order valence-electron chi connectivity index (χ1n) is 5.44. The maximum absolute atomic E-state index is 11.0. The molecule has 8 heteroatoms. The topological polar surface area (TPSA) is 139 Å². The zero-order valence-corrected chi connectivity index (χ0v) is 9.94. The number of primary amides is 1. The van der Waals surface area contributed by atoms with Gasteiger partial charge in [0.2, 0.25) is 5.91 Å². The van der Waals surface area contributed by atoms with Gasteiger partial charge in [-0.25, -0.2) is 4.79 Å². The predicted molar refractivity (Wildman–Crippen MR) is 67.5 cm³/mol. The Morgan fingerprint density at radius 2 is 1.95 bits per heavy atom.